The lowest BCUT2D eigenvalue weighted by Gasteiger charge is -2.26. The predicted molar refractivity (Wildman–Crippen MR) is 93.0 cm³/mol. The van der Waals surface area contributed by atoms with Gasteiger partial charge in [-0.05, 0) is 37.2 Å². The average molecular weight is 327 g/mol. The molecule has 1 aliphatic rings. The number of nitrogens with zero attached hydrogens (tertiary/aromatic N) is 1. The van der Waals surface area contributed by atoms with Crippen LogP contribution in [0.15, 0.2) is 36.9 Å². The maximum absolute atomic E-state index is 5.54. The largest absolute Gasteiger partial charge is 0.490 e. The zero-order valence-corrected chi connectivity index (χ0v) is 13.9. The molecule has 1 aromatic carbocycles. The van der Waals surface area contributed by atoms with E-state index < -0.39 is 0 Å². The summed E-state index contributed by atoms with van der Waals surface area (Å²) in [5.41, 5.74) is 1.25. The smallest absolute Gasteiger partial charge is 0.120 e. The van der Waals surface area contributed by atoms with E-state index in [1.807, 2.05) is 12.1 Å². The minimum absolute atomic E-state index is 0. The highest BCUT2D eigenvalue weighted by molar-refractivity contribution is 5.85. The molecule has 1 N–H and O–H groups in total. The summed E-state index contributed by atoms with van der Waals surface area (Å²) in [5.74, 6) is 0.905. The normalized spacial score (nSPS) is 15.1. The lowest BCUT2D eigenvalue weighted by atomic mass is 10.2. The fraction of sp³-hybridized carbons (Fsp3) is 0.529. The molecule has 1 aliphatic heterocycles. The van der Waals surface area contributed by atoms with Gasteiger partial charge in [-0.15, -0.1) is 12.4 Å². The summed E-state index contributed by atoms with van der Waals surface area (Å²) in [6.45, 7) is 11.2. The van der Waals surface area contributed by atoms with E-state index in [4.69, 9.17) is 9.47 Å². The summed E-state index contributed by atoms with van der Waals surface area (Å²) in [6.07, 6.45) is 2.93. The van der Waals surface area contributed by atoms with Crippen LogP contribution in [0, 0.1) is 0 Å². The molecule has 0 atom stereocenters. The first kappa shape index (κ1) is 19.0. The Labute approximate surface area is 139 Å². The molecule has 0 unspecified atom stereocenters. The second-order valence-electron chi connectivity index (χ2n) is 5.23. The fourth-order valence-corrected chi connectivity index (χ4v) is 2.39. The Morgan fingerprint density at radius 2 is 2.14 bits per heavy atom. The molecular weight excluding hydrogens is 300 g/mol. The summed E-state index contributed by atoms with van der Waals surface area (Å²) < 4.78 is 10.9. The standard InChI is InChI=1S/C17H26N2O2.ClH/c1-2-11-21-17-6-3-5-16(14-17)15-18-7-4-8-19-9-12-20-13-10-19;/h2-3,5-6,14,18H,1,4,7-13,15H2;1H. The second-order valence-corrected chi connectivity index (χ2v) is 5.23. The van der Waals surface area contributed by atoms with Gasteiger partial charge in [0.15, 0.2) is 0 Å². The lowest BCUT2D eigenvalue weighted by Crippen LogP contribution is -2.37. The van der Waals surface area contributed by atoms with Crippen LogP contribution in [0.4, 0.5) is 0 Å². The molecule has 0 aliphatic carbocycles. The molecular formula is C17H27ClN2O2. The summed E-state index contributed by atoms with van der Waals surface area (Å²) >= 11 is 0. The van der Waals surface area contributed by atoms with Gasteiger partial charge in [0.25, 0.3) is 0 Å². The minimum Gasteiger partial charge on any atom is -0.490 e. The van der Waals surface area contributed by atoms with Gasteiger partial charge in [-0.2, -0.15) is 0 Å². The van der Waals surface area contributed by atoms with Crippen LogP contribution >= 0.6 is 12.4 Å². The van der Waals surface area contributed by atoms with E-state index in [-0.39, 0.29) is 12.4 Å². The van der Waals surface area contributed by atoms with Crippen LogP contribution in [0.3, 0.4) is 0 Å². The van der Waals surface area contributed by atoms with Gasteiger partial charge in [0.1, 0.15) is 12.4 Å². The molecule has 1 fully saturated rings. The Balaban J connectivity index is 0.00000242. The first-order valence-electron chi connectivity index (χ1n) is 7.72. The van der Waals surface area contributed by atoms with Crippen molar-refractivity contribution in [1.82, 2.24) is 10.2 Å². The minimum atomic E-state index is 0. The van der Waals surface area contributed by atoms with Gasteiger partial charge in [-0.3, -0.25) is 4.90 Å². The van der Waals surface area contributed by atoms with E-state index in [1.54, 1.807) is 6.08 Å². The molecule has 5 heteroatoms. The van der Waals surface area contributed by atoms with E-state index in [1.165, 1.54) is 12.0 Å². The number of rotatable bonds is 9. The molecule has 4 nitrogen and oxygen atoms in total. The van der Waals surface area contributed by atoms with Crippen molar-refractivity contribution < 1.29 is 9.47 Å². The van der Waals surface area contributed by atoms with Crippen LogP contribution in [0.5, 0.6) is 5.75 Å². The Bertz CT molecular complexity index is 423. The molecule has 2 rings (SSSR count). The number of nitrogens with one attached hydrogen (secondary N) is 1. The lowest BCUT2D eigenvalue weighted by molar-refractivity contribution is 0.0374. The van der Waals surface area contributed by atoms with Gasteiger partial charge in [-0.25, -0.2) is 0 Å². The third kappa shape index (κ3) is 7.27. The molecule has 124 valence electrons. The van der Waals surface area contributed by atoms with E-state index in [2.05, 4.69) is 28.9 Å². The molecule has 1 heterocycles. The second kappa shape index (κ2) is 11.5. The Kier molecular flexibility index (Phi) is 9.91. The first-order chi connectivity index (χ1) is 10.4. The number of benzene rings is 1. The summed E-state index contributed by atoms with van der Waals surface area (Å²) in [6, 6.07) is 8.21. The number of morpholine rings is 1. The molecule has 0 bridgehead atoms. The number of hydrogen-bond acceptors (Lipinski definition) is 4. The first-order valence-corrected chi connectivity index (χ1v) is 7.72. The monoisotopic (exact) mass is 326 g/mol. The van der Waals surface area contributed by atoms with Crippen LogP contribution in [-0.2, 0) is 11.3 Å². The van der Waals surface area contributed by atoms with Crippen LogP contribution in [0.1, 0.15) is 12.0 Å². The van der Waals surface area contributed by atoms with Crippen molar-refractivity contribution in [3.05, 3.63) is 42.5 Å². The van der Waals surface area contributed by atoms with Gasteiger partial charge in [0.05, 0.1) is 13.2 Å². The van der Waals surface area contributed by atoms with E-state index >= 15 is 0 Å². The topological polar surface area (TPSA) is 33.7 Å². The van der Waals surface area contributed by atoms with Gasteiger partial charge >= 0.3 is 0 Å². The summed E-state index contributed by atoms with van der Waals surface area (Å²) in [7, 11) is 0. The summed E-state index contributed by atoms with van der Waals surface area (Å²) in [5, 5.41) is 3.49. The quantitative estimate of drug-likeness (QED) is 0.558. The maximum Gasteiger partial charge on any atom is 0.120 e. The molecule has 0 spiro atoms. The van der Waals surface area contributed by atoms with Crippen molar-refractivity contribution >= 4 is 12.4 Å². The Morgan fingerprint density at radius 1 is 1.32 bits per heavy atom. The molecule has 1 saturated heterocycles. The van der Waals surface area contributed by atoms with Crippen molar-refractivity contribution in [2.45, 2.75) is 13.0 Å². The van der Waals surface area contributed by atoms with Crippen LogP contribution in [0.25, 0.3) is 0 Å². The molecule has 1 aromatic rings. The van der Waals surface area contributed by atoms with E-state index in [0.29, 0.717) is 6.61 Å². The van der Waals surface area contributed by atoms with Gasteiger partial charge in [0, 0.05) is 19.6 Å². The van der Waals surface area contributed by atoms with Crippen molar-refractivity contribution in [2.24, 2.45) is 0 Å². The summed E-state index contributed by atoms with van der Waals surface area (Å²) in [4.78, 5) is 2.47. The van der Waals surface area contributed by atoms with Gasteiger partial charge in [-0.1, -0.05) is 24.8 Å². The third-order valence-electron chi connectivity index (χ3n) is 3.53. The molecule has 0 aromatic heterocycles. The maximum atomic E-state index is 5.54. The molecule has 0 saturated carbocycles. The fourth-order valence-electron chi connectivity index (χ4n) is 2.39. The molecule has 0 amide bonds. The highest BCUT2D eigenvalue weighted by Crippen LogP contribution is 2.13. The van der Waals surface area contributed by atoms with Gasteiger partial charge < -0.3 is 14.8 Å². The number of hydrogen-bond donors (Lipinski definition) is 1. The highest BCUT2D eigenvalue weighted by Gasteiger charge is 2.08. The third-order valence-corrected chi connectivity index (χ3v) is 3.53. The van der Waals surface area contributed by atoms with Crippen molar-refractivity contribution in [3.8, 4) is 5.75 Å². The van der Waals surface area contributed by atoms with Crippen LogP contribution < -0.4 is 10.1 Å². The van der Waals surface area contributed by atoms with E-state index in [9.17, 15) is 0 Å². The highest BCUT2D eigenvalue weighted by atomic mass is 35.5. The number of halogens is 1. The van der Waals surface area contributed by atoms with E-state index in [0.717, 1.165) is 51.7 Å². The number of ether oxygens (including phenoxy) is 2. The van der Waals surface area contributed by atoms with Gasteiger partial charge in [0.2, 0.25) is 0 Å². The average Bonchev–Trinajstić information content (AvgIpc) is 2.54. The Morgan fingerprint density at radius 3 is 2.91 bits per heavy atom. The van der Waals surface area contributed by atoms with Crippen LogP contribution in [0.2, 0.25) is 0 Å². The SMILES string of the molecule is C=CCOc1cccc(CNCCCN2CCOCC2)c1.Cl. The molecule has 22 heavy (non-hydrogen) atoms. The zero-order valence-electron chi connectivity index (χ0n) is 13.1. The zero-order chi connectivity index (χ0) is 14.8. The predicted octanol–water partition coefficient (Wildman–Crippen LogP) is 2.49. The van der Waals surface area contributed by atoms with Crippen LogP contribution in [-0.4, -0.2) is 50.9 Å². The van der Waals surface area contributed by atoms with Crippen molar-refractivity contribution in [3.63, 3.8) is 0 Å². The van der Waals surface area contributed by atoms with Crippen molar-refractivity contribution in [1.29, 1.82) is 0 Å². The molecule has 0 radical (unpaired) electrons. The Hall–Kier alpha value is -1.07. The van der Waals surface area contributed by atoms with Crippen molar-refractivity contribution in [2.75, 3.05) is 46.0 Å².